The van der Waals surface area contributed by atoms with Gasteiger partial charge in [-0.3, -0.25) is 0 Å². The third kappa shape index (κ3) is 7.31. The lowest BCUT2D eigenvalue weighted by atomic mass is 9.71. The van der Waals surface area contributed by atoms with Crippen LogP contribution in [-0.4, -0.2) is 12.2 Å². The molecule has 0 aliphatic rings. The SMILES string of the molecule is C/C(=C\C=C(/C)C(C)(c1ccccc1)c1ccc(OCC(C)(C)C)cc1)OC(C)(C)C. The maximum absolute atomic E-state index is 5.99. The van der Waals surface area contributed by atoms with Gasteiger partial charge in [0, 0.05) is 5.41 Å². The summed E-state index contributed by atoms with van der Waals surface area (Å²) in [7, 11) is 0. The fraction of sp³-hybridized carbons (Fsp3) is 0.448. The highest BCUT2D eigenvalue weighted by molar-refractivity contribution is 5.49. The number of ether oxygens (including phenoxy) is 2. The first-order valence-corrected chi connectivity index (χ1v) is 11.1. The van der Waals surface area contributed by atoms with Crippen LogP contribution in [0.2, 0.25) is 0 Å². The van der Waals surface area contributed by atoms with Gasteiger partial charge in [-0.05, 0) is 76.3 Å². The first-order chi connectivity index (χ1) is 14.3. The molecule has 0 saturated carbocycles. The van der Waals surface area contributed by atoms with Crippen LogP contribution in [0.15, 0.2) is 78.1 Å². The van der Waals surface area contributed by atoms with Crippen LogP contribution in [0.1, 0.15) is 73.4 Å². The van der Waals surface area contributed by atoms with Gasteiger partial charge in [0.05, 0.1) is 12.4 Å². The summed E-state index contributed by atoms with van der Waals surface area (Å²) in [6, 6.07) is 19.2. The Balaban J connectivity index is 2.41. The average Bonchev–Trinajstić information content (AvgIpc) is 2.69. The second-order valence-electron chi connectivity index (χ2n) is 10.7. The molecule has 168 valence electrons. The molecule has 0 aromatic heterocycles. The van der Waals surface area contributed by atoms with Crippen molar-refractivity contribution in [3.63, 3.8) is 0 Å². The minimum absolute atomic E-state index is 0.135. The van der Waals surface area contributed by atoms with Crippen molar-refractivity contribution in [1.82, 2.24) is 0 Å². The van der Waals surface area contributed by atoms with Crippen LogP contribution in [0.25, 0.3) is 0 Å². The van der Waals surface area contributed by atoms with Gasteiger partial charge in [0.15, 0.2) is 0 Å². The third-order valence-corrected chi connectivity index (χ3v) is 5.28. The molecule has 0 heterocycles. The lowest BCUT2D eigenvalue weighted by Crippen LogP contribution is -2.25. The average molecular weight is 421 g/mol. The fourth-order valence-corrected chi connectivity index (χ4v) is 3.50. The van der Waals surface area contributed by atoms with Crippen molar-refractivity contribution in [2.24, 2.45) is 5.41 Å². The van der Waals surface area contributed by atoms with Crippen molar-refractivity contribution >= 4 is 0 Å². The molecule has 0 saturated heterocycles. The third-order valence-electron chi connectivity index (χ3n) is 5.28. The van der Waals surface area contributed by atoms with Gasteiger partial charge in [-0.15, -0.1) is 0 Å². The van der Waals surface area contributed by atoms with E-state index in [1.165, 1.54) is 16.7 Å². The maximum Gasteiger partial charge on any atom is 0.119 e. The number of hydrogen-bond acceptors (Lipinski definition) is 2. The monoisotopic (exact) mass is 420 g/mol. The molecular formula is C29H40O2. The fourth-order valence-electron chi connectivity index (χ4n) is 3.50. The Morgan fingerprint density at radius 2 is 1.29 bits per heavy atom. The van der Waals surface area contributed by atoms with Crippen molar-refractivity contribution in [2.75, 3.05) is 6.61 Å². The highest BCUT2D eigenvalue weighted by atomic mass is 16.5. The smallest absolute Gasteiger partial charge is 0.119 e. The molecule has 0 amide bonds. The summed E-state index contributed by atoms with van der Waals surface area (Å²) < 4.78 is 12.0. The van der Waals surface area contributed by atoms with Crippen molar-refractivity contribution in [2.45, 2.75) is 73.3 Å². The van der Waals surface area contributed by atoms with E-state index >= 15 is 0 Å². The molecule has 0 radical (unpaired) electrons. The van der Waals surface area contributed by atoms with E-state index in [9.17, 15) is 0 Å². The Bertz CT molecular complexity index is 890. The summed E-state index contributed by atoms with van der Waals surface area (Å²) in [4.78, 5) is 0. The van der Waals surface area contributed by atoms with Gasteiger partial charge in [0.2, 0.25) is 0 Å². The molecule has 2 aromatic carbocycles. The number of allylic oxidation sites excluding steroid dienone is 4. The number of benzene rings is 2. The zero-order chi connectivity index (χ0) is 23.3. The van der Waals surface area contributed by atoms with E-state index in [0.717, 1.165) is 11.5 Å². The standard InChI is InChI=1S/C29H40O2/c1-22(15-16-23(2)31-28(6,7)8)29(9,24-13-11-10-12-14-24)25-17-19-26(20-18-25)30-21-27(3,4)5/h10-20H,21H2,1-9H3/b22-15+,23-16+. The zero-order valence-corrected chi connectivity index (χ0v) is 20.9. The minimum Gasteiger partial charge on any atom is -0.493 e. The number of rotatable bonds is 7. The zero-order valence-electron chi connectivity index (χ0n) is 20.9. The van der Waals surface area contributed by atoms with E-state index < -0.39 is 0 Å². The molecule has 0 aliphatic carbocycles. The van der Waals surface area contributed by atoms with Crippen molar-refractivity contribution in [3.05, 3.63) is 89.2 Å². The summed E-state index contributed by atoms with van der Waals surface area (Å²) >= 11 is 0. The van der Waals surface area contributed by atoms with E-state index in [4.69, 9.17) is 9.47 Å². The van der Waals surface area contributed by atoms with Crippen LogP contribution in [-0.2, 0) is 10.2 Å². The first kappa shape index (κ1) is 24.8. The Kier molecular flexibility index (Phi) is 7.81. The molecule has 0 N–H and O–H groups in total. The molecule has 0 spiro atoms. The normalized spacial score (nSPS) is 15.4. The van der Waals surface area contributed by atoms with E-state index in [0.29, 0.717) is 6.61 Å². The van der Waals surface area contributed by atoms with Gasteiger partial charge in [0.1, 0.15) is 11.4 Å². The molecule has 0 fully saturated rings. The van der Waals surface area contributed by atoms with Crippen LogP contribution < -0.4 is 4.74 Å². The van der Waals surface area contributed by atoms with Crippen molar-refractivity contribution in [1.29, 1.82) is 0 Å². The number of hydrogen-bond donors (Lipinski definition) is 0. The Morgan fingerprint density at radius 3 is 1.81 bits per heavy atom. The lowest BCUT2D eigenvalue weighted by molar-refractivity contribution is 0.0535. The molecular weight excluding hydrogens is 380 g/mol. The summed E-state index contributed by atoms with van der Waals surface area (Å²) in [6.45, 7) is 19.9. The first-order valence-electron chi connectivity index (χ1n) is 11.1. The molecule has 2 rings (SSSR count). The van der Waals surface area contributed by atoms with Crippen molar-refractivity contribution in [3.8, 4) is 5.75 Å². The van der Waals surface area contributed by atoms with Gasteiger partial charge in [-0.2, -0.15) is 0 Å². The predicted octanol–water partition coefficient (Wildman–Crippen LogP) is 8.08. The Labute approximate surface area is 190 Å². The largest absolute Gasteiger partial charge is 0.493 e. The topological polar surface area (TPSA) is 18.5 Å². The van der Waals surface area contributed by atoms with Crippen molar-refractivity contribution < 1.29 is 9.47 Å². The summed E-state index contributed by atoms with van der Waals surface area (Å²) in [5, 5.41) is 0. The van der Waals surface area contributed by atoms with Crippen LogP contribution in [0, 0.1) is 5.41 Å². The van der Waals surface area contributed by atoms with Gasteiger partial charge >= 0.3 is 0 Å². The molecule has 1 unspecified atom stereocenters. The van der Waals surface area contributed by atoms with E-state index in [1.54, 1.807) is 0 Å². The van der Waals surface area contributed by atoms with Crippen LogP contribution in [0.5, 0.6) is 5.75 Å². The molecule has 0 bridgehead atoms. The molecule has 31 heavy (non-hydrogen) atoms. The Hall–Kier alpha value is -2.48. The summed E-state index contributed by atoms with van der Waals surface area (Å²) in [6.07, 6.45) is 4.25. The predicted molar refractivity (Wildman–Crippen MR) is 133 cm³/mol. The molecule has 1 atom stereocenters. The minimum atomic E-state index is -0.262. The molecule has 2 heteroatoms. The second kappa shape index (κ2) is 9.77. The maximum atomic E-state index is 5.99. The highest BCUT2D eigenvalue weighted by Gasteiger charge is 2.30. The molecule has 2 aromatic rings. The summed E-state index contributed by atoms with van der Waals surface area (Å²) in [5.41, 5.74) is 3.42. The van der Waals surface area contributed by atoms with E-state index in [-0.39, 0.29) is 16.4 Å². The van der Waals surface area contributed by atoms with Crippen LogP contribution >= 0.6 is 0 Å². The summed E-state index contributed by atoms with van der Waals surface area (Å²) in [5.74, 6) is 1.82. The van der Waals surface area contributed by atoms with Gasteiger partial charge in [-0.25, -0.2) is 0 Å². The second-order valence-corrected chi connectivity index (χ2v) is 10.7. The quantitative estimate of drug-likeness (QED) is 0.333. The molecule has 2 nitrogen and oxygen atoms in total. The molecule has 0 aliphatic heterocycles. The van der Waals surface area contributed by atoms with E-state index in [2.05, 4.69) is 122 Å². The Morgan fingerprint density at radius 1 is 0.742 bits per heavy atom. The highest BCUT2D eigenvalue weighted by Crippen LogP contribution is 2.39. The van der Waals surface area contributed by atoms with E-state index in [1.807, 2.05) is 6.92 Å². The lowest BCUT2D eigenvalue weighted by Gasteiger charge is -2.32. The van der Waals surface area contributed by atoms with Crippen LogP contribution in [0.3, 0.4) is 0 Å². The van der Waals surface area contributed by atoms with Crippen LogP contribution in [0.4, 0.5) is 0 Å². The van der Waals surface area contributed by atoms with Gasteiger partial charge in [0.25, 0.3) is 0 Å². The van der Waals surface area contributed by atoms with Gasteiger partial charge in [-0.1, -0.05) is 74.9 Å². The van der Waals surface area contributed by atoms with Gasteiger partial charge < -0.3 is 9.47 Å².